The molecule has 3 aliphatic heterocycles. The lowest BCUT2D eigenvalue weighted by Gasteiger charge is -2.37. The summed E-state index contributed by atoms with van der Waals surface area (Å²) in [6.45, 7) is 7.81. The molecule has 37 heavy (non-hydrogen) atoms. The van der Waals surface area contributed by atoms with Crippen LogP contribution in [0.4, 0.5) is 4.79 Å². The number of nitrogens with one attached hydrogen (secondary N) is 1. The molecule has 5 rings (SSSR count). The van der Waals surface area contributed by atoms with Gasteiger partial charge in [-0.2, -0.15) is 0 Å². The molecule has 3 saturated heterocycles. The van der Waals surface area contributed by atoms with Crippen molar-refractivity contribution in [1.29, 1.82) is 0 Å². The smallest absolute Gasteiger partial charge is 0.407 e. The van der Waals surface area contributed by atoms with Gasteiger partial charge in [-0.1, -0.05) is 26.7 Å². The lowest BCUT2D eigenvalue weighted by Crippen LogP contribution is -2.55. The van der Waals surface area contributed by atoms with Crippen molar-refractivity contribution >= 4 is 23.8 Å². The molecule has 1 unspecified atom stereocenters. The van der Waals surface area contributed by atoms with Crippen LogP contribution >= 0.6 is 0 Å². The largest absolute Gasteiger partial charge is 0.449 e. The number of carbonyl (C=O) groups is 4. The van der Waals surface area contributed by atoms with Crippen molar-refractivity contribution in [1.82, 2.24) is 20.0 Å². The average molecular weight is 517 g/mol. The Morgan fingerprint density at radius 1 is 0.973 bits per heavy atom. The monoisotopic (exact) mass is 516 g/mol. The van der Waals surface area contributed by atoms with E-state index >= 15 is 0 Å². The van der Waals surface area contributed by atoms with E-state index in [0.29, 0.717) is 19.6 Å². The van der Waals surface area contributed by atoms with Crippen LogP contribution in [0.2, 0.25) is 0 Å². The van der Waals surface area contributed by atoms with Gasteiger partial charge >= 0.3 is 6.09 Å². The van der Waals surface area contributed by atoms with E-state index in [1.807, 2.05) is 18.7 Å². The maximum absolute atomic E-state index is 13.8. The third-order valence-corrected chi connectivity index (χ3v) is 9.25. The predicted molar refractivity (Wildman–Crippen MR) is 137 cm³/mol. The number of nitrogens with zero attached hydrogens (tertiary/aromatic N) is 3. The number of hydrogen-bond acceptors (Lipinski definition) is 6. The zero-order valence-corrected chi connectivity index (χ0v) is 22.5. The van der Waals surface area contributed by atoms with Gasteiger partial charge in [0.1, 0.15) is 6.04 Å². The number of rotatable bonds is 9. The van der Waals surface area contributed by atoms with Crippen molar-refractivity contribution < 1.29 is 23.9 Å². The summed E-state index contributed by atoms with van der Waals surface area (Å²) in [6, 6.07) is -1.24. The highest BCUT2D eigenvalue weighted by Gasteiger charge is 2.60. The van der Waals surface area contributed by atoms with Crippen molar-refractivity contribution in [2.45, 2.75) is 96.2 Å². The lowest BCUT2D eigenvalue weighted by atomic mass is 9.73. The Hall–Kier alpha value is -2.16. The molecule has 9 heteroatoms. The number of piperidine rings is 1. The van der Waals surface area contributed by atoms with Gasteiger partial charge in [-0.25, -0.2) is 4.79 Å². The number of fused-ring (bicyclic) bond motifs is 1. The molecular formula is C28H44N4O5. The molecule has 5 aliphatic rings. The van der Waals surface area contributed by atoms with Gasteiger partial charge in [-0.05, 0) is 76.3 Å². The number of alkyl carbamates (subject to hydrolysis) is 1. The maximum atomic E-state index is 13.8. The molecule has 5 fully saturated rings. The topological polar surface area (TPSA) is 99.3 Å². The van der Waals surface area contributed by atoms with E-state index in [2.05, 4.69) is 10.2 Å². The molecular weight excluding hydrogens is 472 g/mol. The summed E-state index contributed by atoms with van der Waals surface area (Å²) in [5.41, 5.74) is 0. The molecule has 1 N–H and O–H groups in total. The zero-order chi connectivity index (χ0) is 26.1. The first-order chi connectivity index (χ1) is 17.9. The summed E-state index contributed by atoms with van der Waals surface area (Å²) in [7, 11) is 0. The molecule has 9 nitrogen and oxygen atoms in total. The van der Waals surface area contributed by atoms with E-state index < -0.39 is 12.1 Å². The fraction of sp³-hybridized carbons (Fsp3) is 0.857. The van der Waals surface area contributed by atoms with Crippen LogP contribution in [0.1, 0.15) is 78.1 Å². The minimum Gasteiger partial charge on any atom is -0.449 e. The Kier molecular flexibility index (Phi) is 8.07. The van der Waals surface area contributed by atoms with Crippen LogP contribution in [-0.4, -0.2) is 89.4 Å². The van der Waals surface area contributed by atoms with Gasteiger partial charge in [-0.3, -0.25) is 19.3 Å². The number of amides is 4. The van der Waals surface area contributed by atoms with E-state index in [-0.39, 0.29) is 53.5 Å². The highest BCUT2D eigenvalue weighted by molar-refractivity contribution is 6.02. The summed E-state index contributed by atoms with van der Waals surface area (Å²) >= 11 is 0. The standard InChI is InChI=1S/C28H44N4O5/c1-18(2)23(29-28(36)37-17-7-15-30-13-4-3-5-14-30)27(35)31-16-12-21-24(31)22(19-8-6-9-19)26(34)32(21)25(33)20-10-11-20/h18-24H,3-17H2,1-2H3,(H,29,36)/t21-,22?,23-,24-/m0/s1. The third-order valence-electron chi connectivity index (χ3n) is 9.25. The van der Waals surface area contributed by atoms with E-state index in [0.717, 1.165) is 58.2 Å². The van der Waals surface area contributed by atoms with Crippen molar-refractivity contribution in [3.63, 3.8) is 0 Å². The van der Waals surface area contributed by atoms with Crippen molar-refractivity contribution in [3.05, 3.63) is 0 Å². The SMILES string of the molecule is CC(C)[C@H](NC(=O)OCCCN1CCCCC1)C(=O)N1CC[C@H]2[C@H]1C(C1CCC1)C(=O)N2C(=O)C1CC1. The fourth-order valence-electron chi connectivity index (χ4n) is 6.82. The van der Waals surface area contributed by atoms with Crippen LogP contribution in [0.15, 0.2) is 0 Å². The summed E-state index contributed by atoms with van der Waals surface area (Å²) in [6.07, 6.45) is 9.35. The van der Waals surface area contributed by atoms with Crippen LogP contribution in [0.3, 0.4) is 0 Å². The van der Waals surface area contributed by atoms with Crippen molar-refractivity contribution in [3.8, 4) is 0 Å². The van der Waals surface area contributed by atoms with E-state index in [1.54, 1.807) is 0 Å². The normalized spacial score (nSPS) is 29.3. The second-order valence-corrected chi connectivity index (χ2v) is 12.2. The molecule has 4 amide bonds. The van der Waals surface area contributed by atoms with Crippen molar-refractivity contribution in [2.75, 3.05) is 32.8 Å². The Morgan fingerprint density at radius 3 is 2.32 bits per heavy atom. The number of imide groups is 1. The second-order valence-electron chi connectivity index (χ2n) is 12.2. The highest BCUT2D eigenvalue weighted by Crippen LogP contribution is 2.48. The highest BCUT2D eigenvalue weighted by atomic mass is 16.5. The molecule has 0 aromatic rings. The van der Waals surface area contributed by atoms with Gasteiger partial charge in [0.05, 0.1) is 24.6 Å². The predicted octanol–water partition coefficient (Wildman–Crippen LogP) is 2.78. The molecule has 0 aromatic heterocycles. The molecule has 2 saturated carbocycles. The first kappa shape index (κ1) is 26.4. The second kappa shape index (κ2) is 11.3. The molecule has 4 atom stereocenters. The van der Waals surface area contributed by atoms with Crippen LogP contribution in [-0.2, 0) is 19.1 Å². The first-order valence-electron chi connectivity index (χ1n) is 14.7. The van der Waals surface area contributed by atoms with Gasteiger partial charge in [0, 0.05) is 19.0 Å². The minimum atomic E-state index is -0.723. The Balaban J connectivity index is 1.21. The first-order valence-corrected chi connectivity index (χ1v) is 14.7. The van der Waals surface area contributed by atoms with Gasteiger partial charge in [0.2, 0.25) is 17.7 Å². The van der Waals surface area contributed by atoms with Gasteiger partial charge in [0.15, 0.2) is 0 Å². The molecule has 206 valence electrons. The molecule has 0 spiro atoms. The summed E-state index contributed by atoms with van der Waals surface area (Å²) in [5, 5.41) is 2.83. The number of likely N-dealkylation sites (tertiary alicyclic amines) is 3. The fourth-order valence-corrected chi connectivity index (χ4v) is 6.82. The van der Waals surface area contributed by atoms with Gasteiger partial charge in [-0.15, -0.1) is 0 Å². The maximum Gasteiger partial charge on any atom is 0.407 e. The number of hydrogen-bond donors (Lipinski definition) is 1. The van der Waals surface area contributed by atoms with Crippen LogP contribution in [0.25, 0.3) is 0 Å². The van der Waals surface area contributed by atoms with Crippen LogP contribution < -0.4 is 5.32 Å². The van der Waals surface area contributed by atoms with Crippen LogP contribution in [0.5, 0.6) is 0 Å². The molecule has 3 heterocycles. The summed E-state index contributed by atoms with van der Waals surface area (Å²) in [4.78, 5) is 58.8. The van der Waals surface area contributed by atoms with E-state index in [1.165, 1.54) is 24.2 Å². The Morgan fingerprint density at radius 2 is 1.70 bits per heavy atom. The molecule has 0 bridgehead atoms. The number of ether oxygens (including phenoxy) is 1. The summed E-state index contributed by atoms with van der Waals surface area (Å²) < 4.78 is 5.44. The minimum absolute atomic E-state index is 0.0238. The quantitative estimate of drug-likeness (QED) is 0.374. The average Bonchev–Trinajstić information content (AvgIpc) is 3.57. The third kappa shape index (κ3) is 5.52. The summed E-state index contributed by atoms with van der Waals surface area (Å²) in [5.74, 6) is -0.493. The Labute approximate surface area is 220 Å². The lowest BCUT2D eigenvalue weighted by molar-refractivity contribution is -0.147. The van der Waals surface area contributed by atoms with Gasteiger partial charge < -0.3 is 19.9 Å². The molecule has 2 aliphatic carbocycles. The van der Waals surface area contributed by atoms with Gasteiger partial charge in [0.25, 0.3) is 0 Å². The number of carbonyl (C=O) groups excluding carboxylic acids is 4. The van der Waals surface area contributed by atoms with Crippen LogP contribution in [0, 0.1) is 23.7 Å². The molecule has 0 radical (unpaired) electrons. The molecule has 0 aromatic carbocycles. The van der Waals surface area contributed by atoms with E-state index in [4.69, 9.17) is 4.74 Å². The van der Waals surface area contributed by atoms with Crippen molar-refractivity contribution in [2.24, 2.45) is 23.7 Å². The Bertz CT molecular complexity index is 880. The van der Waals surface area contributed by atoms with E-state index in [9.17, 15) is 19.2 Å². The zero-order valence-electron chi connectivity index (χ0n) is 22.5.